The van der Waals surface area contributed by atoms with E-state index >= 15 is 0 Å². The molecule has 0 aliphatic heterocycles. The van der Waals surface area contributed by atoms with E-state index in [1.807, 2.05) is 6.08 Å². The molecule has 0 aliphatic rings. The standard InChI is InChI=1S/C12H18N2O/c1-2-3-4-5-6-7-11-15-12-13-9-8-10-14-12/h6-10H,2-5,11H2,1H3. The molecule has 3 heteroatoms. The van der Waals surface area contributed by atoms with Crippen LogP contribution in [0.25, 0.3) is 0 Å². The Morgan fingerprint density at radius 1 is 1.20 bits per heavy atom. The Labute approximate surface area is 91.2 Å². The summed E-state index contributed by atoms with van der Waals surface area (Å²) in [5, 5.41) is 0. The van der Waals surface area contributed by atoms with Crippen LogP contribution in [0.15, 0.2) is 30.6 Å². The van der Waals surface area contributed by atoms with Gasteiger partial charge in [-0.25, -0.2) is 9.97 Å². The summed E-state index contributed by atoms with van der Waals surface area (Å²) in [7, 11) is 0. The molecule has 0 aromatic carbocycles. The maximum absolute atomic E-state index is 5.30. The molecule has 1 aromatic heterocycles. The van der Waals surface area contributed by atoms with Gasteiger partial charge in [0.2, 0.25) is 0 Å². The quantitative estimate of drug-likeness (QED) is 0.508. The van der Waals surface area contributed by atoms with Crippen molar-refractivity contribution < 1.29 is 4.74 Å². The van der Waals surface area contributed by atoms with E-state index in [0.29, 0.717) is 12.6 Å². The van der Waals surface area contributed by atoms with Gasteiger partial charge in [-0.2, -0.15) is 0 Å². The van der Waals surface area contributed by atoms with E-state index in [-0.39, 0.29) is 0 Å². The highest BCUT2D eigenvalue weighted by molar-refractivity contribution is 4.94. The molecule has 15 heavy (non-hydrogen) atoms. The van der Waals surface area contributed by atoms with Gasteiger partial charge in [0.15, 0.2) is 0 Å². The Kier molecular flexibility index (Phi) is 6.21. The summed E-state index contributed by atoms with van der Waals surface area (Å²) in [4.78, 5) is 7.92. The van der Waals surface area contributed by atoms with E-state index in [4.69, 9.17) is 4.74 Å². The SMILES string of the molecule is CCCCCC=CCOc1ncccn1. The molecule has 1 heterocycles. The zero-order valence-electron chi connectivity index (χ0n) is 9.22. The fraction of sp³-hybridized carbons (Fsp3) is 0.500. The van der Waals surface area contributed by atoms with E-state index in [9.17, 15) is 0 Å². The van der Waals surface area contributed by atoms with Crippen LogP contribution in [0.4, 0.5) is 0 Å². The van der Waals surface area contributed by atoms with Crippen LogP contribution in [0.2, 0.25) is 0 Å². The average molecular weight is 206 g/mol. The first-order valence-electron chi connectivity index (χ1n) is 5.48. The number of hydrogen-bond acceptors (Lipinski definition) is 3. The van der Waals surface area contributed by atoms with Crippen LogP contribution in [-0.4, -0.2) is 16.6 Å². The van der Waals surface area contributed by atoms with Crippen molar-refractivity contribution in [2.75, 3.05) is 6.61 Å². The van der Waals surface area contributed by atoms with E-state index in [1.54, 1.807) is 18.5 Å². The number of unbranched alkanes of at least 4 members (excludes halogenated alkanes) is 3. The smallest absolute Gasteiger partial charge is 0.316 e. The predicted octanol–water partition coefficient (Wildman–Crippen LogP) is 2.99. The normalized spacial score (nSPS) is 10.7. The van der Waals surface area contributed by atoms with Crippen molar-refractivity contribution >= 4 is 0 Å². The lowest BCUT2D eigenvalue weighted by atomic mass is 10.2. The summed E-state index contributed by atoms with van der Waals surface area (Å²) in [5.74, 6) is 0. The van der Waals surface area contributed by atoms with Crippen molar-refractivity contribution in [3.05, 3.63) is 30.6 Å². The average Bonchev–Trinajstić information content (AvgIpc) is 2.29. The molecule has 1 aromatic rings. The number of hydrogen-bond donors (Lipinski definition) is 0. The van der Waals surface area contributed by atoms with Crippen molar-refractivity contribution in [2.24, 2.45) is 0 Å². The lowest BCUT2D eigenvalue weighted by molar-refractivity contribution is 0.332. The van der Waals surface area contributed by atoms with E-state index in [2.05, 4.69) is 23.0 Å². The van der Waals surface area contributed by atoms with Crippen LogP contribution in [0, 0.1) is 0 Å². The van der Waals surface area contributed by atoms with Gasteiger partial charge in [-0.3, -0.25) is 0 Å². The Hall–Kier alpha value is -1.38. The van der Waals surface area contributed by atoms with E-state index in [0.717, 1.165) is 6.42 Å². The molecule has 0 spiro atoms. The lowest BCUT2D eigenvalue weighted by Gasteiger charge is -1.98. The minimum absolute atomic E-state index is 0.440. The Balaban J connectivity index is 2.06. The molecule has 82 valence electrons. The Morgan fingerprint density at radius 2 is 2.00 bits per heavy atom. The van der Waals surface area contributed by atoms with Crippen LogP contribution >= 0.6 is 0 Å². The van der Waals surface area contributed by atoms with E-state index < -0.39 is 0 Å². The van der Waals surface area contributed by atoms with Crippen molar-refractivity contribution in [2.45, 2.75) is 32.6 Å². The molecule has 0 radical (unpaired) electrons. The largest absolute Gasteiger partial charge is 0.459 e. The van der Waals surface area contributed by atoms with Gasteiger partial charge in [0, 0.05) is 12.4 Å². The zero-order chi connectivity index (χ0) is 10.8. The second kappa shape index (κ2) is 7.97. The molecule has 0 unspecified atom stereocenters. The topological polar surface area (TPSA) is 35.0 Å². The number of allylic oxidation sites excluding steroid dienone is 1. The molecule has 0 bridgehead atoms. The summed E-state index contributed by atoms with van der Waals surface area (Å²) in [6, 6.07) is 2.21. The van der Waals surface area contributed by atoms with E-state index in [1.165, 1.54) is 19.3 Å². The van der Waals surface area contributed by atoms with Crippen molar-refractivity contribution in [3.8, 4) is 6.01 Å². The number of aromatic nitrogens is 2. The van der Waals surface area contributed by atoms with Gasteiger partial charge in [0.25, 0.3) is 0 Å². The highest BCUT2D eigenvalue weighted by Gasteiger charge is 1.90. The summed E-state index contributed by atoms with van der Waals surface area (Å²) in [5.41, 5.74) is 0. The fourth-order valence-electron chi connectivity index (χ4n) is 1.18. The number of ether oxygens (including phenoxy) is 1. The maximum atomic E-state index is 5.30. The minimum atomic E-state index is 0.440. The van der Waals surface area contributed by atoms with Crippen LogP contribution in [-0.2, 0) is 0 Å². The highest BCUT2D eigenvalue weighted by atomic mass is 16.5. The third-order valence-corrected chi connectivity index (χ3v) is 1.99. The maximum Gasteiger partial charge on any atom is 0.316 e. The summed E-state index contributed by atoms with van der Waals surface area (Å²) < 4.78 is 5.30. The molecule has 0 atom stereocenters. The van der Waals surface area contributed by atoms with Gasteiger partial charge in [0.05, 0.1) is 0 Å². The van der Waals surface area contributed by atoms with Gasteiger partial charge in [-0.05, 0) is 18.9 Å². The number of rotatable bonds is 7. The molecule has 3 nitrogen and oxygen atoms in total. The molecular weight excluding hydrogens is 188 g/mol. The molecule has 0 saturated carbocycles. The number of nitrogens with zero attached hydrogens (tertiary/aromatic N) is 2. The van der Waals surface area contributed by atoms with Gasteiger partial charge >= 0.3 is 6.01 Å². The molecule has 0 N–H and O–H groups in total. The second-order valence-electron chi connectivity index (χ2n) is 3.31. The van der Waals surface area contributed by atoms with Gasteiger partial charge in [-0.1, -0.05) is 31.9 Å². The van der Waals surface area contributed by atoms with Crippen LogP contribution in [0.5, 0.6) is 6.01 Å². The highest BCUT2D eigenvalue weighted by Crippen LogP contribution is 2.00. The molecule has 0 aliphatic carbocycles. The zero-order valence-corrected chi connectivity index (χ0v) is 9.22. The molecule has 0 fully saturated rings. The second-order valence-corrected chi connectivity index (χ2v) is 3.31. The summed E-state index contributed by atoms with van der Waals surface area (Å²) in [6.45, 7) is 2.76. The molecule has 0 saturated heterocycles. The van der Waals surface area contributed by atoms with Crippen LogP contribution < -0.4 is 4.74 Å². The van der Waals surface area contributed by atoms with Crippen LogP contribution in [0.3, 0.4) is 0 Å². The van der Waals surface area contributed by atoms with Crippen LogP contribution in [0.1, 0.15) is 32.6 Å². The molecule has 1 rings (SSSR count). The van der Waals surface area contributed by atoms with Gasteiger partial charge in [0.1, 0.15) is 6.61 Å². The van der Waals surface area contributed by atoms with Crippen molar-refractivity contribution in [3.63, 3.8) is 0 Å². The fourth-order valence-corrected chi connectivity index (χ4v) is 1.18. The van der Waals surface area contributed by atoms with Crippen molar-refractivity contribution in [1.82, 2.24) is 9.97 Å². The predicted molar refractivity (Wildman–Crippen MR) is 60.8 cm³/mol. The minimum Gasteiger partial charge on any atom is -0.459 e. The summed E-state index contributed by atoms with van der Waals surface area (Å²) in [6.07, 6.45) is 12.5. The molecule has 0 amide bonds. The summed E-state index contributed by atoms with van der Waals surface area (Å²) >= 11 is 0. The first-order chi connectivity index (χ1) is 7.43. The van der Waals surface area contributed by atoms with Crippen molar-refractivity contribution in [1.29, 1.82) is 0 Å². The Bertz CT molecular complexity index is 272. The lowest BCUT2D eigenvalue weighted by Crippen LogP contribution is -1.97. The first kappa shape index (κ1) is 11.7. The first-order valence-corrected chi connectivity index (χ1v) is 5.48. The third-order valence-electron chi connectivity index (χ3n) is 1.99. The third kappa shape index (κ3) is 5.83. The Morgan fingerprint density at radius 3 is 2.73 bits per heavy atom. The van der Waals surface area contributed by atoms with Gasteiger partial charge < -0.3 is 4.74 Å². The molecular formula is C12H18N2O. The monoisotopic (exact) mass is 206 g/mol. The van der Waals surface area contributed by atoms with Gasteiger partial charge in [-0.15, -0.1) is 0 Å².